The van der Waals surface area contributed by atoms with Crippen molar-refractivity contribution in [3.63, 3.8) is 0 Å². The van der Waals surface area contributed by atoms with Gasteiger partial charge in [0.05, 0.1) is 4.90 Å². The minimum Gasteiger partial charge on any atom is -0.218 e. The molecule has 110 valence electrons. The predicted molar refractivity (Wildman–Crippen MR) is 91.4 cm³/mol. The monoisotopic (exact) mass is 328 g/mol. The Bertz CT molecular complexity index is 945. The number of rotatable bonds is 3. The Morgan fingerprint density at radius 1 is 0.818 bits per heavy atom. The Balaban J connectivity index is 2.03. The zero-order valence-electron chi connectivity index (χ0n) is 11.6. The first-order chi connectivity index (χ1) is 10.6. The second kappa shape index (κ2) is 5.95. The van der Waals surface area contributed by atoms with E-state index in [2.05, 4.69) is 0 Å². The van der Waals surface area contributed by atoms with Gasteiger partial charge in [0.2, 0.25) is 9.84 Å². The summed E-state index contributed by atoms with van der Waals surface area (Å²) in [6.45, 7) is 0. The summed E-state index contributed by atoms with van der Waals surface area (Å²) in [5.74, 6) is 0. The van der Waals surface area contributed by atoms with Gasteiger partial charge >= 0.3 is 0 Å². The third-order valence-corrected chi connectivity index (χ3v) is 5.61. The molecule has 3 aromatic rings. The van der Waals surface area contributed by atoms with Gasteiger partial charge in [-0.1, -0.05) is 66.2 Å². The van der Waals surface area contributed by atoms with Crippen LogP contribution in [0.3, 0.4) is 0 Å². The van der Waals surface area contributed by atoms with E-state index in [1.54, 1.807) is 18.2 Å². The summed E-state index contributed by atoms with van der Waals surface area (Å²) in [5.41, 5.74) is 0.753. The van der Waals surface area contributed by atoms with Gasteiger partial charge in [-0.15, -0.1) is 0 Å². The van der Waals surface area contributed by atoms with Gasteiger partial charge in [0, 0.05) is 0 Å². The highest BCUT2D eigenvalue weighted by molar-refractivity contribution is 7.97. The van der Waals surface area contributed by atoms with Crippen LogP contribution in [0, 0.1) is 0 Å². The molecule has 0 bridgehead atoms. The topological polar surface area (TPSA) is 34.1 Å². The highest BCUT2D eigenvalue weighted by Crippen LogP contribution is 2.25. The Morgan fingerprint density at radius 2 is 1.45 bits per heavy atom. The fourth-order valence-electron chi connectivity index (χ4n) is 2.22. The van der Waals surface area contributed by atoms with Gasteiger partial charge < -0.3 is 0 Å². The smallest absolute Gasteiger partial charge is 0.217 e. The van der Waals surface area contributed by atoms with E-state index >= 15 is 0 Å². The quantitative estimate of drug-likeness (QED) is 0.688. The van der Waals surface area contributed by atoms with Crippen molar-refractivity contribution in [1.82, 2.24) is 0 Å². The molecule has 0 aliphatic carbocycles. The molecule has 0 aliphatic rings. The Labute approximate surface area is 134 Å². The van der Waals surface area contributed by atoms with E-state index in [9.17, 15) is 8.42 Å². The van der Waals surface area contributed by atoms with Crippen LogP contribution in [0.4, 0.5) is 0 Å². The maximum Gasteiger partial charge on any atom is 0.217 e. The van der Waals surface area contributed by atoms with Crippen LogP contribution in [0.2, 0.25) is 0 Å². The maximum atomic E-state index is 12.4. The van der Waals surface area contributed by atoms with Crippen LogP contribution in [-0.2, 0) is 9.84 Å². The lowest BCUT2D eigenvalue weighted by molar-refractivity contribution is 0.604. The molecule has 0 aliphatic heterocycles. The van der Waals surface area contributed by atoms with Crippen molar-refractivity contribution in [2.24, 2.45) is 0 Å². The van der Waals surface area contributed by atoms with E-state index in [4.69, 9.17) is 11.6 Å². The van der Waals surface area contributed by atoms with Crippen LogP contribution in [0.15, 0.2) is 82.1 Å². The largest absolute Gasteiger partial charge is 0.218 e. The summed E-state index contributed by atoms with van der Waals surface area (Å²) in [6, 6.07) is 21.8. The van der Waals surface area contributed by atoms with Gasteiger partial charge in [0.15, 0.2) is 0 Å². The van der Waals surface area contributed by atoms with Crippen molar-refractivity contribution >= 4 is 38.3 Å². The molecule has 0 unspecified atom stereocenters. The van der Waals surface area contributed by atoms with E-state index < -0.39 is 9.84 Å². The molecule has 22 heavy (non-hydrogen) atoms. The highest BCUT2D eigenvalue weighted by Gasteiger charge is 2.18. The van der Waals surface area contributed by atoms with E-state index in [1.807, 2.05) is 42.5 Å². The molecule has 0 N–H and O–H groups in total. The van der Waals surface area contributed by atoms with Gasteiger partial charge in [0.25, 0.3) is 0 Å². The van der Waals surface area contributed by atoms with Crippen LogP contribution in [-0.4, -0.2) is 8.42 Å². The molecule has 0 saturated carbocycles. The molecule has 0 radical (unpaired) electrons. The van der Waals surface area contributed by atoms with Gasteiger partial charge in [-0.3, -0.25) is 0 Å². The van der Waals surface area contributed by atoms with Gasteiger partial charge in [-0.05, 0) is 40.6 Å². The summed E-state index contributed by atoms with van der Waals surface area (Å²) >= 11 is 6.07. The molecule has 2 nitrogen and oxygen atoms in total. The second-order valence-electron chi connectivity index (χ2n) is 4.87. The number of benzene rings is 3. The SMILES string of the molecule is O=S(=O)(/C(Cl)=C\c1ccc2ccccc2c1)c1ccccc1. The maximum absolute atomic E-state index is 12.4. The Kier molecular flexibility index (Phi) is 4.01. The van der Waals surface area contributed by atoms with Crippen LogP contribution in [0.5, 0.6) is 0 Å². The molecule has 3 rings (SSSR count). The average Bonchev–Trinajstić information content (AvgIpc) is 2.55. The standard InChI is InChI=1S/C18H13ClO2S/c19-18(22(20,21)17-8-2-1-3-9-17)13-14-10-11-15-6-4-5-7-16(15)12-14/h1-13H/b18-13-. The van der Waals surface area contributed by atoms with Crippen LogP contribution in [0.1, 0.15) is 5.56 Å². The molecule has 0 spiro atoms. The fourth-order valence-corrected chi connectivity index (χ4v) is 3.64. The van der Waals surface area contributed by atoms with Gasteiger partial charge in [-0.25, -0.2) is 8.42 Å². The minimum atomic E-state index is -3.66. The summed E-state index contributed by atoms with van der Waals surface area (Å²) in [6.07, 6.45) is 1.48. The Hall–Kier alpha value is -2.10. The van der Waals surface area contributed by atoms with E-state index in [0.717, 1.165) is 16.3 Å². The zero-order valence-corrected chi connectivity index (χ0v) is 13.2. The van der Waals surface area contributed by atoms with Crippen LogP contribution < -0.4 is 0 Å². The lowest BCUT2D eigenvalue weighted by Crippen LogP contribution is -2.00. The first-order valence-corrected chi connectivity index (χ1v) is 8.60. The first kappa shape index (κ1) is 14.8. The average molecular weight is 329 g/mol. The normalized spacial score (nSPS) is 12.5. The molecule has 0 amide bonds. The number of halogens is 1. The van der Waals surface area contributed by atoms with E-state index in [0.29, 0.717) is 0 Å². The first-order valence-electron chi connectivity index (χ1n) is 6.73. The Morgan fingerprint density at radius 3 is 2.18 bits per heavy atom. The van der Waals surface area contributed by atoms with Gasteiger partial charge in [0.1, 0.15) is 4.36 Å². The molecular weight excluding hydrogens is 316 g/mol. The fraction of sp³-hybridized carbons (Fsp3) is 0. The number of hydrogen-bond donors (Lipinski definition) is 0. The van der Waals surface area contributed by atoms with Crippen molar-refractivity contribution in [3.8, 4) is 0 Å². The second-order valence-corrected chi connectivity index (χ2v) is 7.42. The molecule has 0 fully saturated rings. The summed E-state index contributed by atoms with van der Waals surface area (Å²) in [7, 11) is -3.66. The van der Waals surface area contributed by atoms with Gasteiger partial charge in [-0.2, -0.15) is 0 Å². The van der Waals surface area contributed by atoms with Crippen molar-refractivity contribution in [1.29, 1.82) is 0 Å². The number of hydrogen-bond acceptors (Lipinski definition) is 2. The van der Waals surface area contributed by atoms with Crippen LogP contribution >= 0.6 is 11.6 Å². The lowest BCUT2D eigenvalue weighted by Gasteiger charge is -2.04. The third kappa shape index (κ3) is 2.91. The summed E-state index contributed by atoms with van der Waals surface area (Å²) in [4.78, 5) is 0.192. The lowest BCUT2D eigenvalue weighted by atomic mass is 10.1. The number of sulfone groups is 1. The van der Waals surface area contributed by atoms with E-state index in [-0.39, 0.29) is 9.26 Å². The molecule has 3 aromatic carbocycles. The highest BCUT2D eigenvalue weighted by atomic mass is 35.5. The molecule has 0 atom stereocenters. The van der Waals surface area contributed by atoms with Crippen LogP contribution in [0.25, 0.3) is 16.8 Å². The zero-order chi connectivity index (χ0) is 15.6. The number of fused-ring (bicyclic) bond motifs is 1. The predicted octanol–water partition coefficient (Wildman–Crippen LogP) is 4.85. The third-order valence-electron chi connectivity index (χ3n) is 3.36. The molecule has 0 heterocycles. The summed E-state index contributed by atoms with van der Waals surface area (Å²) < 4.78 is 24.6. The molecule has 4 heteroatoms. The minimum absolute atomic E-state index is 0.186. The van der Waals surface area contributed by atoms with Crippen molar-refractivity contribution in [2.75, 3.05) is 0 Å². The molecule has 0 saturated heterocycles. The van der Waals surface area contributed by atoms with Crippen molar-refractivity contribution in [2.45, 2.75) is 4.90 Å². The molecule has 0 aromatic heterocycles. The van der Waals surface area contributed by atoms with Crippen molar-refractivity contribution < 1.29 is 8.42 Å². The molecular formula is C18H13ClO2S. The van der Waals surface area contributed by atoms with Crippen molar-refractivity contribution in [3.05, 3.63) is 82.7 Å². The van der Waals surface area contributed by atoms with E-state index in [1.165, 1.54) is 18.2 Å². The summed E-state index contributed by atoms with van der Waals surface area (Å²) in [5, 5.41) is 2.14.